The Morgan fingerprint density at radius 2 is 1.72 bits per heavy atom. The van der Waals surface area contributed by atoms with Gasteiger partial charge >= 0.3 is 5.97 Å². The Bertz CT molecular complexity index is 678. The second-order valence-electron chi connectivity index (χ2n) is 12.2. The number of carbonyl (C=O) groups excluding carboxylic acids is 1. The monoisotopic (exact) mass is 400 g/mol. The Balaban J connectivity index is 1.56. The van der Waals surface area contributed by atoms with Crippen LogP contribution >= 0.6 is 0 Å². The van der Waals surface area contributed by atoms with Crippen molar-refractivity contribution < 1.29 is 9.53 Å². The third kappa shape index (κ3) is 3.23. The number of fused-ring (bicyclic) bond motifs is 5. The molecule has 2 nitrogen and oxygen atoms in total. The highest BCUT2D eigenvalue weighted by molar-refractivity contribution is 5.72. The Kier molecular flexibility index (Phi) is 5.48. The van der Waals surface area contributed by atoms with Gasteiger partial charge in [0.2, 0.25) is 0 Å². The van der Waals surface area contributed by atoms with Gasteiger partial charge in [0.05, 0.1) is 0 Å². The molecule has 0 aromatic carbocycles. The summed E-state index contributed by atoms with van der Waals surface area (Å²) < 4.78 is 5.76. The zero-order chi connectivity index (χ0) is 21.0. The van der Waals surface area contributed by atoms with E-state index >= 15 is 0 Å². The summed E-state index contributed by atoms with van der Waals surface area (Å²) >= 11 is 0. The Morgan fingerprint density at radius 1 is 1.00 bits per heavy atom. The Morgan fingerprint density at radius 3 is 2.45 bits per heavy atom. The molecule has 1 saturated heterocycles. The molecule has 2 saturated carbocycles. The van der Waals surface area contributed by atoms with E-state index in [1.807, 2.05) is 0 Å². The average molecular weight is 401 g/mol. The van der Waals surface area contributed by atoms with Crippen LogP contribution in [0.2, 0.25) is 0 Å². The zero-order valence-electron chi connectivity index (χ0n) is 19.9. The van der Waals surface area contributed by atoms with Crippen LogP contribution in [0.15, 0.2) is 11.8 Å². The second-order valence-corrected chi connectivity index (χ2v) is 12.2. The highest BCUT2D eigenvalue weighted by Gasteiger charge is 2.65. The summed E-state index contributed by atoms with van der Waals surface area (Å²) in [6, 6.07) is 0. The third-order valence-electron chi connectivity index (χ3n) is 10.5. The van der Waals surface area contributed by atoms with Crippen LogP contribution in [0, 0.1) is 45.8 Å². The summed E-state index contributed by atoms with van der Waals surface area (Å²) in [6.45, 7) is 15.0. The lowest BCUT2D eigenvalue weighted by Crippen LogP contribution is -2.55. The van der Waals surface area contributed by atoms with Gasteiger partial charge in [0.15, 0.2) is 0 Å². The van der Waals surface area contributed by atoms with Crippen LogP contribution in [-0.2, 0) is 9.53 Å². The number of carbonyl (C=O) groups is 1. The predicted molar refractivity (Wildman–Crippen MR) is 119 cm³/mol. The SMILES string of the molecule is CC(C)CCCC(C)C1CCC2(C)C3CC=C4OC(=O)CCC4(C)C3CCC12C. The molecule has 1 heterocycles. The highest BCUT2D eigenvalue weighted by Crippen LogP contribution is 2.72. The third-order valence-corrected chi connectivity index (χ3v) is 10.5. The number of hydrogen-bond acceptors (Lipinski definition) is 2. The Hall–Kier alpha value is -0.790. The van der Waals surface area contributed by atoms with E-state index in [0.29, 0.717) is 23.2 Å². The largest absolute Gasteiger partial charge is 0.431 e. The molecule has 0 radical (unpaired) electrons. The van der Waals surface area contributed by atoms with E-state index in [0.717, 1.165) is 42.3 Å². The number of esters is 1. The van der Waals surface area contributed by atoms with Gasteiger partial charge in [0, 0.05) is 11.8 Å². The zero-order valence-corrected chi connectivity index (χ0v) is 19.9. The molecule has 0 bridgehead atoms. The topological polar surface area (TPSA) is 26.3 Å². The fourth-order valence-corrected chi connectivity index (χ4v) is 8.46. The minimum absolute atomic E-state index is 0.0183. The molecule has 7 atom stereocenters. The molecule has 3 fully saturated rings. The molecule has 0 N–H and O–H groups in total. The first-order valence-electron chi connectivity index (χ1n) is 12.5. The van der Waals surface area contributed by atoms with Gasteiger partial charge in [-0.15, -0.1) is 0 Å². The molecule has 1 aliphatic heterocycles. The lowest BCUT2D eigenvalue weighted by atomic mass is 9.43. The first kappa shape index (κ1) is 21.4. The van der Waals surface area contributed by atoms with Crippen LogP contribution < -0.4 is 0 Å². The molecule has 2 heteroatoms. The summed E-state index contributed by atoms with van der Waals surface area (Å²) in [6.07, 6.45) is 14.7. The van der Waals surface area contributed by atoms with Crippen LogP contribution in [-0.4, -0.2) is 5.97 Å². The molecular formula is C27H44O2. The van der Waals surface area contributed by atoms with E-state index in [9.17, 15) is 4.79 Å². The summed E-state index contributed by atoms with van der Waals surface area (Å²) in [5.41, 5.74) is 0.986. The molecule has 4 aliphatic rings. The molecule has 0 aromatic heterocycles. The van der Waals surface area contributed by atoms with Crippen LogP contribution in [0.4, 0.5) is 0 Å². The maximum Gasteiger partial charge on any atom is 0.310 e. The fourth-order valence-electron chi connectivity index (χ4n) is 8.46. The van der Waals surface area contributed by atoms with Crippen molar-refractivity contribution >= 4 is 5.97 Å². The van der Waals surface area contributed by atoms with Crippen molar-refractivity contribution in [3.05, 3.63) is 11.8 Å². The molecule has 7 unspecified atom stereocenters. The quantitative estimate of drug-likeness (QED) is 0.446. The number of hydrogen-bond donors (Lipinski definition) is 0. The van der Waals surface area contributed by atoms with Crippen molar-refractivity contribution in [2.24, 2.45) is 45.8 Å². The molecule has 3 aliphatic carbocycles. The van der Waals surface area contributed by atoms with E-state index in [1.54, 1.807) is 0 Å². The van der Waals surface area contributed by atoms with Crippen molar-refractivity contribution in [3.63, 3.8) is 0 Å². The normalized spacial score (nSPS) is 45.1. The number of allylic oxidation sites excluding steroid dienone is 2. The van der Waals surface area contributed by atoms with Crippen molar-refractivity contribution in [1.29, 1.82) is 0 Å². The van der Waals surface area contributed by atoms with Crippen LogP contribution in [0.25, 0.3) is 0 Å². The van der Waals surface area contributed by atoms with E-state index in [2.05, 4.69) is 47.6 Å². The average Bonchev–Trinajstić information content (AvgIpc) is 2.93. The Labute approximate surface area is 179 Å². The van der Waals surface area contributed by atoms with Gasteiger partial charge in [-0.3, -0.25) is 4.79 Å². The summed E-state index contributed by atoms with van der Waals surface area (Å²) in [4.78, 5) is 11.9. The van der Waals surface area contributed by atoms with Gasteiger partial charge in [-0.25, -0.2) is 0 Å². The number of rotatable bonds is 5. The van der Waals surface area contributed by atoms with Gasteiger partial charge < -0.3 is 4.74 Å². The van der Waals surface area contributed by atoms with Crippen LogP contribution in [0.1, 0.15) is 106 Å². The van der Waals surface area contributed by atoms with E-state index in [-0.39, 0.29) is 11.4 Å². The lowest BCUT2D eigenvalue weighted by Gasteiger charge is -2.62. The minimum atomic E-state index is -0.0183. The van der Waals surface area contributed by atoms with Crippen molar-refractivity contribution in [3.8, 4) is 0 Å². The fraction of sp³-hybridized carbons (Fsp3) is 0.889. The molecular weight excluding hydrogens is 356 g/mol. The van der Waals surface area contributed by atoms with Gasteiger partial charge in [-0.2, -0.15) is 0 Å². The molecule has 4 rings (SSSR count). The molecule has 164 valence electrons. The van der Waals surface area contributed by atoms with E-state index in [1.165, 1.54) is 44.9 Å². The first-order valence-corrected chi connectivity index (χ1v) is 12.5. The maximum absolute atomic E-state index is 11.9. The molecule has 0 aromatic rings. The molecule has 0 spiro atoms. The van der Waals surface area contributed by atoms with Crippen LogP contribution in [0.3, 0.4) is 0 Å². The first-order chi connectivity index (χ1) is 13.6. The predicted octanol–water partition coefficient (Wildman–Crippen LogP) is 7.53. The molecule has 29 heavy (non-hydrogen) atoms. The smallest absolute Gasteiger partial charge is 0.310 e. The van der Waals surface area contributed by atoms with Gasteiger partial charge in [-0.05, 0) is 85.0 Å². The van der Waals surface area contributed by atoms with Gasteiger partial charge in [0.1, 0.15) is 5.76 Å². The molecule has 0 amide bonds. The highest BCUT2D eigenvalue weighted by atomic mass is 16.5. The van der Waals surface area contributed by atoms with Crippen molar-refractivity contribution in [2.45, 2.75) is 106 Å². The van der Waals surface area contributed by atoms with E-state index < -0.39 is 0 Å². The summed E-state index contributed by atoms with van der Waals surface area (Å²) in [7, 11) is 0. The summed E-state index contributed by atoms with van der Waals surface area (Å²) in [5, 5.41) is 0. The van der Waals surface area contributed by atoms with Gasteiger partial charge in [-0.1, -0.05) is 60.8 Å². The van der Waals surface area contributed by atoms with E-state index in [4.69, 9.17) is 4.74 Å². The number of ether oxygens (including phenoxy) is 1. The van der Waals surface area contributed by atoms with Crippen molar-refractivity contribution in [1.82, 2.24) is 0 Å². The second kappa shape index (κ2) is 7.41. The van der Waals surface area contributed by atoms with Crippen molar-refractivity contribution in [2.75, 3.05) is 0 Å². The lowest BCUT2D eigenvalue weighted by molar-refractivity contribution is -0.157. The maximum atomic E-state index is 11.9. The summed E-state index contributed by atoms with van der Waals surface area (Å²) in [5.74, 6) is 4.98. The minimum Gasteiger partial charge on any atom is -0.431 e. The standard InChI is InChI=1S/C27H44O2/c1-18(2)8-7-9-19(3)20-12-16-27(6)22-10-11-23-25(4,15-14-24(28)29-23)21(22)13-17-26(20,27)5/h11,18-22H,7-10,12-17H2,1-6H3. The van der Waals surface area contributed by atoms with Gasteiger partial charge in [0.25, 0.3) is 0 Å². The van der Waals surface area contributed by atoms with Crippen LogP contribution in [0.5, 0.6) is 0 Å².